The van der Waals surface area contributed by atoms with Crippen molar-refractivity contribution >= 4 is 11.9 Å². The highest BCUT2D eigenvalue weighted by molar-refractivity contribution is 5.90. The molecule has 0 unspecified atom stereocenters. The normalized spacial score (nSPS) is 33.0. The Morgan fingerprint density at radius 3 is 2.54 bits per heavy atom. The molecular formula is C24H28O13. The molecule has 0 radical (unpaired) electrons. The van der Waals surface area contributed by atoms with E-state index in [-0.39, 0.29) is 35.7 Å². The van der Waals surface area contributed by atoms with E-state index in [9.17, 15) is 40.2 Å². The summed E-state index contributed by atoms with van der Waals surface area (Å²) in [5.74, 6) is -3.36. The molecule has 3 aliphatic rings. The van der Waals surface area contributed by atoms with Crippen LogP contribution >= 0.6 is 0 Å². The molecule has 13 nitrogen and oxygen atoms in total. The molecule has 0 aromatic heterocycles. The van der Waals surface area contributed by atoms with E-state index < -0.39 is 67.4 Å². The first-order valence-corrected chi connectivity index (χ1v) is 11.4. The second-order valence-electron chi connectivity index (χ2n) is 8.83. The van der Waals surface area contributed by atoms with E-state index in [0.29, 0.717) is 5.57 Å². The highest BCUT2D eigenvalue weighted by Crippen LogP contribution is 2.44. The Morgan fingerprint density at radius 1 is 1.11 bits per heavy atom. The lowest BCUT2D eigenvalue weighted by Crippen LogP contribution is -2.60. The fourth-order valence-electron chi connectivity index (χ4n) is 4.65. The van der Waals surface area contributed by atoms with Crippen LogP contribution in [0.1, 0.15) is 16.8 Å². The van der Waals surface area contributed by atoms with E-state index in [2.05, 4.69) is 0 Å². The number of ether oxygens (including phenoxy) is 5. The molecule has 13 heteroatoms. The van der Waals surface area contributed by atoms with Crippen LogP contribution in [-0.4, -0.2) is 99.9 Å². The zero-order valence-corrected chi connectivity index (χ0v) is 19.7. The van der Waals surface area contributed by atoms with E-state index in [1.165, 1.54) is 25.3 Å². The van der Waals surface area contributed by atoms with Gasteiger partial charge in [0.2, 0.25) is 6.29 Å². The minimum Gasteiger partial charge on any atom is -0.504 e. The second-order valence-corrected chi connectivity index (χ2v) is 8.83. The number of hydrogen-bond acceptors (Lipinski definition) is 12. The van der Waals surface area contributed by atoms with Crippen molar-refractivity contribution in [2.75, 3.05) is 20.3 Å². The molecule has 1 aliphatic carbocycles. The number of phenolic OH excluding ortho intramolecular Hbond substituents is 1. The summed E-state index contributed by atoms with van der Waals surface area (Å²) in [4.78, 5) is 24.4. The second kappa shape index (κ2) is 11.0. The number of rotatable bonds is 8. The zero-order valence-electron chi connectivity index (χ0n) is 19.7. The van der Waals surface area contributed by atoms with E-state index in [4.69, 9.17) is 23.7 Å². The third-order valence-corrected chi connectivity index (χ3v) is 6.67. The third kappa shape index (κ3) is 5.28. The number of carboxylic acids is 1. The summed E-state index contributed by atoms with van der Waals surface area (Å²) in [6, 6.07) is 3.94. The lowest BCUT2D eigenvalue weighted by atomic mass is 9.83. The molecule has 2 aliphatic heterocycles. The molecule has 0 amide bonds. The SMILES string of the molecule is COc1cc(C(=O)OCC2=CC[C@H]3C(C(=O)O)=CO[C@@H](O[C@@H]4O[C@H](CO)[C@@H](O)[C@H](O)[C@H]4O)[C@@H]23)ccc1O. The number of aromatic hydroxyl groups is 1. The molecule has 6 N–H and O–H groups in total. The Labute approximate surface area is 210 Å². The Morgan fingerprint density at radius 2 is 1.86 bits per heavy atom. The van der Waals surface area contributed by atoms with E-state index in [0.717, 1.165) is 6.26 Å². The third-order valence-electron chi connectivity index (χ3n) is 6.67. The van der Waals surface area contributed by atoms with Crippen LogP contribution in [0.5, 0.6) is 11.5 Å². The molecule has 0 saturated carbocycles. The van der Waals surface area contributed by atoms with Crippen LogP contribution in [0.15, 0.2) is 41.7 Å². The minimum absolute atomic E-state index is 0.0282. The summed E-state index contributed by atoms with van der Waals surface area (Å²) in [5.41, 5.74) is 0.579. The van der Waals surface area contributed by atoms with Gasteiger partial charge in [0, 0.05) is 5.92 Å². The summed E-state index contributed by atoms with van der Waals surface area (Å²) in [7, 11) is 1.33. The predicted molar refractivity (Wildman–Crippen MR) is 120 cm³/mol. The number of aliphatic carboxylic acids is 1. The van der Waals surface area contributed by atoms with Crippen molar-refractivity contribution in [3.8, 4) is 11.5 Å². The Balaban J connectivity index is 1.50. The molecule has 1 aromatic rings. The van der Waals surface area contributed by atoms with Gasteiger partial charge in [-0.1, -0.05) is 6.08 Å². The first kappa shape index (κ1) is 26.9. The number of aliphatic hydroxyl groups excluding tert-OH is 4. The number of methoxy groups -OCH3 is 1. The number of carboxylic acid groups (broad SMARTS) is 1. The quantitative estimate of drug-likeness (QED) is 0.184. The van der Waals surface area contributed by atoms with E-state index >= 15 is 0 Å². The molecule has 1 aromatic carbocycles. The monoisotopic (exact) mass is 524 g/mol. The topological polar surface area (TPSA) is 202 Å². The molecule has 37 heavy (non-hydrogen) atoms. The van der Waals surface area contributed by atoms with Gasteiger partial charge >= 0.3 is 11.9 Å². The van der Waals surface area contributed by atoms with Crippen LogP contribution < -0.4 is 4.74 Å². The molecule has 8 atom stereocenters. The smallest absolute Gasteiger partial charge is 0.338 e. The van der Waals surface area contributed by atoms with Crippen LogP contribution in [0.4, 0.5) is 0 Å². The van der Waals surface area contributed by atoms with Crippen LogP contribution in [-0.2, 0) is 23.7 Å². The highest BCUT2D eigenvalue weighted by Gasteiger charge is 2.49. The number of aliphatic hydroxyl groups is 4. The van der Waals surface area contributed by atoms with Gasteiger partial charge in [-0.15, -0.1) is 0 Å². The van der Waals surface area contributed by atoms with Crippen LogP contribution in [0.2, 0.25) is 0 Å². The Hall–Kier alpha value is -3.20. The molecule has 1 saturated heterocycles. The summed E-state index contributed by atoms with van der Waals surface area (Å²) in [6.07, 6.45) is -5.89. The molecule has 0 bridgehead atoms. The van der Waals surface area contributed by atoms with Gasteiger partial charge in [-0.05, 0) is 30.2 Å². The number of allylic oxidation sites excluding steroid dienone is 1. The van der Waals surface area contributed by atoms with Crippen molar-refractivity contribution in [3.63, 3.8) is 0 Å². The lowest BCUT2D eigenvalue weighted by Gasteiger charge is -2.42. The van der Waals surface area contributed by atoms with Crippen molar-refractivity contribution in [3.05, 3.63) is 47.2 Å². The standard InChI is InChI=1S/C24H28O13/c1-33-15-6-10(3-5-14(15)26)22(32)34-8-11-2-4-12-13(21(30)31)9-35-23(17(11)12)37-24-20(29)19(28)18(27)16(7-25)36-24/h2-3,5-6,9,12,16-20,23-29H,4,7-8H2,1H3,(H,30,31)/t12-,16+,17-,18+,19-,20+,23-,24-/m0/s1. The van der Waals surface area contributed by atoms with Gasteiger partial charge < -0.3 is 54.3 Å². The summed E-state index contributed by atoms with van der Waals surface area (Å²) in [6.45, 7) is -0.900. The van der Waals surface area contributed by atoms with Gasteiger partial charge in [0.25, 0.3) is 0 Å². The lowest BCUT2D eigenvalue weighted by molar-refractivity contribution is -0.339. The van der Waals surface area contributed by atoms with Gasteiger partial charge in [0.05, 0.1) is 37.0 Å². The fraction of sp³-hybridized carbons (Fsp3) is 0.500. The first-order chi connectivity index (χ1) is 17.7. The maximum Gasteiger partial charge on any atom is 0.338 e. The maximum atomic E-state index is 12.6. The average molecular weight is 524 g/mol. The number of carbonyl (C=O) groups is 2. The maximum absolute atomic E-state index is 12.6. The molecule has 1 fully saturated rings. The fourth-order valence-corrected chi connectivity index (χ4v) is 4.65. The Kier molecular flexibility index (Phi) is 8.02. The van der Waals surface area contributed by atoms with Crippen LogP contribution in [0, 0.1) is 11.8 Å². The molecule has 4 rings (SSSR count). The van der Waals surface area contributed by atoms with Gasteiger partial charge in [-0.2, -0.15) is 0 Å². The number of esters is 1. The number of carbonyl (C=O) groups excluding carboxylic acids is 1. The van der Waals surface area contributed by atoms with Gasteiger partial charge in [-0.25, -0.2) is 9.59 Å². The van der Waals surface area contributed by atoms with E-state index in [1.807, 2.05) is 0 Å². The van der Waals surface area contributed by atoms with Crippen molar-refractivity contribution in [1.82, 2.24) is 0 Å². The molecule has 2 heterocycles. The largest absolute Gasteiger partial charge is 0.504 e. The highest BCUT2D eigenvalue weighted by atomic mass is 16.8. The number of hydrogen-bond donors (Lipinski definition) is 6. The van der Waals surface area contributed by atoms with Gasteiger partial charge in [0.15, 0.2) is 17.8 Å². The van der Waals surface area contributed by atoms with E-state index in [1.54, 1.807) is 6.08 Å². The van der Waals surface area contributed by atoms with Crippen LogP contribution in [0.3, 0.4) is 0 Å². The van der Waals surface area contributed by atoms with Crippen molar-refractivity contribution < 1.29 is 63.9 Å². The van der Waals surface area contributed by atoms with Crippen molar-refractivity contribution in [1.29, 1.82) is 0 Å². The minimum atomic E-state index is -1.69. The average Bonchev–Trinajstić information content (AvgIpc) is 3.32. The predicted octanol–water partition coefficient (Wildman–Crippen LogP) is -0.739. The van der Waals surface area contributed by atoms with Gasteiger partial charge in [0.1, 0.15) is 31.0 Å². The Bertz CT molecular complexity index is 1080. The number of phenols is 1. The first-order valence-electron chi connectivity index (χ1n) is 11.4. The zero-order chi connectivity index (χ0) is 26.9. The molecule has 0 spiro atoms. The van der Waals surface area contributed by atoms with Crippen molar-refractivity contribution in [2.24, 2.45) is 11.8 Å². The molecule has 202 valence electrons. The number of benzene rings is 1. The number of fused-ring (bicyclic) bond motifs is 1. The summed E-state index contributed by atoms with van der Waals surface area (Å²) in [5, 5.41) is 59.2. The van der Waals surface area contributed by atoms with Crippen LogP contribution in [0.25, 0.3) is 0 Å². The molecular weight excluding hydrogens is 496 g/mol. The van der Waals surface area contributed by atoms with Gasteiger partial charge in [-0.3, -0.25) is 0 Å². The van der Waals surface area contributed by atoms with Crippen molar-refractivity contribution in [2.45, 2.75) is 43.4 Å². The summed E-state index contributed by atoms with van der Waals surface area (Å²) >= 11 is 0. The summed E-state index contributed by atoms with van der Waals surface area (Å²) < 4.78 is 27.1.